The predicted molar refractivity (Wildman–Crippen MR) is 75.2 cm³/mol. The van der Waals surface area contributed by atoms with E-state index in [4.69, 9.17) is 4.74 Å². The Morgan fingerprint density at radius 1 is 1.47 bits per heavy atom. The fourth-order valence-electron chi connectivity index (χ4n) is 3.18. The second-order valence-electron chi connectivity index (χ2n) is 5.32. The summed E-state index contributed by atoms with van der Waals surface area (Å²) in [5, 5.41) is 3.37. The number of rotatable bonds is 2. The smallest absolute Gasteiger partial charge is 0.328 e. The Bertz CT molecular complexity index is 536. The molecule has 0 radical (unpaired) electrons. The maximum Gasteiger partial charge on any atom is 0.328 e. The third-order valence-electron chi connectivity index (χ3n) is 4.06. The van der Waals surface area contributed by atoms with Crippen LogP contribution in [0, 0.1) is 12.8 Å². The monoisotopic (exact) mass is 257 g/mol. The van der Waals surface area contributed by atoms with Gasteiger partial charge in [-0.2, -0.15) is 0 Å². The number of allylic oxidation sites excluding steroid dienone is 2. The first kappa shape index (κ1) is 12.3. The van der Waals surface area contributed by atoms with E-state index < -0.39 is 0 Å². The highest BCUT2D eigenvalue weighted by Crippen LogP contribution is 2.44. The van der Waals surface area contributed by atoms with Crippen LogP contribution in [0.1, 0.15) is 30.4 Å². The fourth-order valence-corrected chi connectivity index (χ4v) is 3.18. The lowest BCUT2D eigenvalue weighted by molar-refractivity contribution is -0.145. The molecule has 0 saturated carbocycles. The average molecular weight is 257 g/mol. The van der Waals surface area contributed by atoms with Crippen LogP contribution >= 0.6 is 0 Å². The van der Waals surface area contributed by atoms with Crippen LogP contribution in [0.15, 0.2) is 30.4 Å². The van der Waals surface area contributed by atoms with Gasteiger partial charge in [-0.1, -0.05) is 29.8 Å². The molecule has 1 aromatic carbocycles. The second kappa shape index (κ2) is 4.72. The van der Waals surface area contributed by atoms with Gasteiger partial charge in [0.25, 0.3) is 0 Å². The molecule has 1 aliphatic carbocycles. The molecule has 1 N–H and O–H groups in total. The van der Waals surface area contributed by atoms with E-state index in [1.165, 1.54) is 11.1 Å². The number of hydrogen-bond acceptors (Lipinski definition) is 3. The zero-order valence-corrected chi connectivity index (χ0v) is 11.3. The molecule has 19 heavy (non-hydrogen) atoms. The van der Waals surface area contributed by atoms with E-state index in [9.17, 15) is 4.79 Å². The predicted octanol–water partition coefficient (Wildman–Crippen LogP) is 3.01. The molecule has 3 atom stereocenters. The molecular weight excluding hydrogens is 238 g/mol. The first-order valence-electron chi connectivity index (χ1n) is 6.91. The van der Waals surface area contributed by atoms with Crippen molar-refractivity contribution in [1.29, 1.82) is 0 Å². The molecule has 100 valence electrons. The van der Waals surface area contributed by atoms with Crippen LogP contribution in [0.3, 0.4) is 0 Å². The van der Waals surface area contributed by atoms with Crippen LogP contribution in [0.25, 0.3) is 0 Å². The normalized spacial score (nSPS) is 27.4. The quantitative estimate of drug-likeness (QED) is 0.654. The Labute approximate surface area is 113 Å². The van der Waals surface area contributed by atoms with E-state index >= 15 is 0 Å². The SMILES string of the molecule is CCOC(=O)[C@H]1Nc2ccc(C)cc2[C@H]2C=CC[C@@H]12. The maximum atomic E-state index is 12.1. The van der Waals surface area contributed by atoms with E-state index in [-0.39, 0.29) is 17.9 Å². The highest BCUT2D eigenvalue weighted by molar-refractivity contribution is 5.82. The number of nitrogens with one attached hydrogen (secondary N) is 1. The van der Waals surface area contributed by atoms with E-state index in [1.807, 2.05) is 6.92 Å². The number of hydrogen-bond donors (Lipinski definition) is 1. The Morgan fingerprint density at radius 3 is 3.11 bits per heavy atom. The number of carbonyl (C=O) groups excluding carboxylic acids is 1. The van der Waals surface area contributed by atoms with Crippen LogP contribution in [-0.4, -0.2) is 18.6 Å². The summed E-state index contributed by atoms with van der Waals surface area (Å²) in [7, 11) is 0. The first-order valence-corrected chi connectivity index (χ1v) is 6.91. The van der Waals surface area contributed by atoms with Gasteiger partial charge in [-0.25, -0.2) is 4.79 Å². The van der Waals surface area contributed by atoms with Gasteiger partial charge in [0.2, 0.25) is 0 Å². The van der Waals surface area contributed by atoms with Crippen molar-refractivity contribution in [2.24, 2.45) is 5.92 Å². The zero-order valence-electron chi connectivity index (χ0n) is 11.3. The summed E-state index contributed by atoms with van der Waals surface area (Å²) in [6.45, 7) is 4.39. The Morgan fingerprint density at radius 2 is 2.32 bits per heavy atom. The number of anilines is 1. The molecule has 1 aromatic rings. The van der Waals surface area contributed by atoms with Crippen LogP contribution < -0.4 is 5.32 Å². The van der Waals surface area contributed by atoms with Gasteiger partial charge in [-0.3, -0.25) is 0 Å². The van der Waals surface area contributed by atoms with Gasteiger partial charge in [0.15, 0.2) is 0 Å². The fraction of sp³-hybridized carbons (Fsp3) is 0.438. The van der Waals surface area contributed by atoms with Crippen molar-refractivity contribution >= 4 is 11.7 Å². The highest BCUT2D eigenvalue weighted by atomic mass is 16.5. The second-order valence-corrected chi connectivity index (χ2v) is 5.32. The number of esters is 1. The molecule has 3 nitrogen and oxygen atoms in total. The van der Waals surface area contributed by atoms with Crippen molar-refractivity contribution in [3.05, 3.63) is 41.5 Å². The van der Waals surface area contributed by atoms with Crippen molar-refractivity contribution in [2.75, 3.05) is 11.9 Å². The lowest BCUT2D eigenvalue weighted by atomic mass is 9.79. The molecule has 1 heterocycles. The van der Waals surface area contributed by atoms with Gasteiger partial charge in [-0.05, 0) is 31.9 Å². The minimum absolute atomic E-state index is 0.132. The van der Waals surface area contributed by atoms with Crippen molar-refractivity contribution in [3.8, 4) is 0 Å². The lowest BCUT2D eigenvalue weighted by Crippen LogP contribution is -2.43. The molecule has 0 aromatic heterocycles. The molecule has 3 rings (SSSR count). The van der Waals surface area contributed by atoms with E-state index in [1.54, 1.807) is 0 Å². The summed E-state index contributed by atoms with van der Waals surface area (Å²) >= 11 is 0. The maximum absolute atomic E-state index is 12.1. The van der Waals surface area contributed by atoms with Crippen LogP contribution in [-0.2, 0) is 9.53 Å². The molecular formula is C16H19NO2. The molecule has 0 fully saturated rings. The topological polar surface area (TPSA) is 38.3 Å². The van der Waals surface area contributed by atoms with Crippen molar-refractivity contribution < 1.29 is 9.53 Å². The molecule has 0 amide bonds. The number of benzene rings is 1. The summed E-state index contributed by atoms with van der Waals surface area (Å²) in [5.74, 6) is 0.492. The zero-order chi connectivity index (χ0) is 13.4. The number of ether oxygens (including phenoxy) is 1. The molecule has 0 unspecified atom stereocenters. The highest BCUT2D eigenvalue weighted by Gasteiger charge is 2.41. The Balaban J connectivity index is 1.97. The van der Waals surface area contributed by atoms with Crippen molar-refractivity contribution in [3.63, 3.8) is 0 Å². The summed E-state index contributed by atoms with van der Waals surface area (Å²) in [5.41, 5.74) is 3.63. The largest absolute Gasteiger partial charge is 0.464 e. The Kier molecular flexibility index (Phi) is 3.05. The molecule has 0 bridgehead atoms. The van der Waals surface area contributed by atoms with Gasteiger partial charge >= 0.3 is 5.97 Å². The van der Waals surface area contributed by atoms with E-state index in [0.29, 0.717) is 12.5 Å². The van der Waals surface area contributed by atoms with Crippen molar-refractivity contribution in [2.45, 2.75) is 32.2 Å². The molecule has 2 aliphatic rings. The number of aryl methyl sites for hydroxylation is 1. The molecule has 1 aliphatic heterocycles. The summed E-state index contributed by atoms with van der Waals surface area (Å²) < 4.78 is 5.20. The minimum Gasteiger partial charge on any atom is -0.464 e. The summed E-state index contributed by atoms with van der Waals surface area (Å²) in [4.78, 5) is 12.1. The van der Waals surface area contributed by atoms with Gasteiger partial charge in [0.1, 0.15) is 6.04 Å². The molecule has 0 saturated heterocycles. The number of fused-ring (bicyclic) bond motifs is 3. The molecule has 0 spiro atoms. The van der Waals surface area contributed by atoms with E-state index in [0.717, 1.165) is 12.1 Å². The van der Waals surface area contributed by atoms with Crippen molar-refractivity contribution in [1.82, 2.24) is 0 Å². The van der Waals surface area contributed by atoms with Crippen LogP contribution in [0.5, 0.6) is 0 Å². The summed E-state index contributed by atoms with van der Waals surface area (Å²) in [6.07, 6.45) is 5.35. The molecule has 3 heteroatoms. The van der Waals surface area contributed by atoms with Gasteiger partial charge in [-0.15, -0.1) is 0 Å². The third kappa shape index (κ3) is 2.03. The average Bonchev–Trinajstić information content (AvgIpc) is 2.87. The van der Waals surface area contributed by atoms with Crippen LogP contribution in [0.2, 0.25) is 0 Å². The van der Waals surface area contributed by atoms with E-state index in [2.05, 4.69) is 42.6 Å². The van der Waals surface area contributed by atoms with Gasteiger partial charge in [0.05, 0.1) is 6.61 Å². The standard InChI is InChI=1S/C16H19NO2/c1-3-19-16(18)15-12-6-4-5-11(12)13-9-10(2)7-8-14(13)17-15/h4-5,7-9,11-12,15,17H,3,6H2,1-2H3/t11-,12+,15-/m0/s1. The first-order chi connectivity index (χ1) is 9.20. The third-order valence-corrected chi connectivity index (χ3v) is 4.06. The van der Waals surface area contributed by atoms with Gasteiger partial charge < -0.3 is 10.1 Å². The number of carbonyl (C=O) groups is 1. The minimum atomic E-state index is -0.227. The lowest BCUT2D eigenvalue weighted by Gasteiger charge is -2.35. The Hall–Kier alpha value is -1.77. The van der Waals surface area contributed by atoms with Crippen LogP contribution in [0.4, 0.5) is 5.69 Å². The van der Waals surface area contributed by atoms with Gasteiger partial charge in [0, 0.05) is 17.5 Å². The summed E-state index contributed by atoms with van der Waals surface area (Å²) in [6, 6.07) is 6.14.